The third-order valence-electron chi connectivity index (χ3n) is 3.09. The largest absolute Gasteiger partial charge is 0.334 e. The molecule has 1 unspecified atom stereocenters. The SMILES string of the molecule is CCCn1cc(S(=O)(=O)NC(C)(C)C(C)Cl)nc1C. The maximum absolute atomic E-state index is 12.3. The van der Waals surface area contributed by atoms with E-state index in [1.165, 1.54) is 0 Å². The molecular formula is C12H22ClN3O2S. The van der Waals surface area contributed by atoms with Gasteiger partial charge >= 0.3 is 0 Å². The molecule has 0 aromatic carbocycles. The normalized spacial score (nSPS) is 14.6. The average Bonchev–Trinajstić information content (AvgIpc) is 2.60. The van der Waals surface area contributed by atoms with Crippen LogP contribution in [0.2, 0.25) is 0 Å². The lowest BCUT2D eigenvalue weighted by molar-refractivity contribution is 0.444. The molecule has 0 aliphatic heterocycles. The summed E-state index contributed by atoms with van der Waals surface area (Å²) in [6, 6.07) is 0. The van der Waals surface area contributed by atoms with Crippen LogP contribution in [0.4, 0.5) is 0 Å². The quantitative estimate of drug-likeness (QED) is 0.820. The van der Waals surface area contributed by atoms with E-state index in [2.05, 4.69) is 9.71 Å². The molecular weight excluding hydrogens is 286 g/mol. The molecule has 1 aromatic rings. The molecule has 5 nitrogen and oxygen atoms in total. The van der Waals surface area contributed by atoms with Crippen LogP contribution >= 0.6 is 11.6 Å². The smallest absolute Gasteiger partial charge is 0.260 e. The van der Waals surface area contributed by atoms with Crippen LogP contribution in [0.3, 0.4) is 0 Å². The maximum Gasteiger partial charge on any atom is 0.260 e. The summed E-state index contributed by atoms with van der Waals surface area (Å²) in [5, 5.41) is -0.287. The van der Waals surface area contributed by atoms with Gasteiger partial charge in [0.1, 0.15) is 5.82 Å². The molecule has 0 aliphatic rings. The summed E-state index contributed by atoms with van der Waals surface area (Å²) in [5.41, 5.74) is -0.733. The molecule has 0 aliphatic carbocycles. The van der Waals surface area contributed by atoms with Crippen LogP contribution in [-0.4, -0.2) is 28.9 Å². The Hall–Kier alpha value is -0.590. The zero-order valence-corrected chi connectivity index (χ0v) is 13.6. The van der Waals surface area contributed by atoms with Crippen LogP contribution in [0.25, 0.3) is 0 Å². The first kappa shape index (κ1) is 16.5. The van der Waals surface area contributed by atoms with Crippen LogP contribution in [0.1, 0.15) is 39.9 Å². The Morgan fingerprint density at radius 1 is 1.53 bits per heavy atom. The van der Waals surface area contributed by atoms with Crippen molar-refractivity contribution in [2.24, 2.45) is 0 Å². The number of halogens is 1. The van der Waals surface area contributed by atoms with Gasteiger partial charge < -0.3 is 4.57 Å². The van der Waals surface area contributed by atoms with Gasteiger partial charge in [0.2, 0.25) is 0 Å². The Kier molecular flexibility index (Phi) is 5.03. The van der Waals surface area contributed by atoms with Crippen molar-refractivity contribution in [1.82, 2.24) is 14.3 Å². The van der Waals surface area contributed by atoms with Gasteiger partial charge in [-0.2, -0.15) is 0 Å². The number of alkyl halides is 1. The Bertz CT molecular complexity index is 535. The molecule has 0 bridgehead atoms. The number of sulfonamides is 1. The molecule has 1 N–H and O–H groups in total. The lowest BCUT2D eigenvalue weighted by Crippen LogP contribution is -2.48. The Labute approximate surface area is 120 Å². The van der Waals surface area contributed by atoms with Crippen LogP contribution in [0.5, 0.6) is 0 Å². The molecule has 7 heteroatoms. The van der Waals surface area contributed by atoms with Crippen LogP contribution in [0, 0.1) is 6.92 Å². The molecule has 0 radical (unpaired) electrons. The number of rotatable bonds is 6. The highest BCUT2D eigenvalue weighted by atomic mass is 35.5. The van der Waals surface area contributed by atoms with Crippen molar-refractivity contribution in [1.29, 1.82) is 0 Å². The Morgan fingerprint density at radius 3 is 2.58 bits per heavy atom. The second-order valence-electron chi connectivity index (χ2n) is 5.26. The highest BCUT2D eigenvalue weighted by Gasteiger charge is 2.31. The van der Waals surface area contributed by atoms with Crippen molar-refractivity contribution >= 4 is 21.6 Å². The Balaban J connectivity index is 3.04. The maximum atomic E-state index is 12.3. The van der Waals surface area contributed by atoms with Crippen molar-refractivity contribution in [3.63, 3.8) is 0 Å². The fraction of sp³-hybridized carbons (Fsp3) is 0.750. The minimum Gasteiger partial charge on any atom is -0.334 e. The second kappa shape index (κ2) is 5.81. The predicted octanol–water partition coefficient (Wildman–Crippen LogP) is 2.29. The highest BCUT2D eigenvalue weighted by molar-refractivity contribution is 7.89. The van der Waals surface area contributed by atoms with Gasteiger partial charge in [0.05, 0.1) is 0 Å². The van der Waals surface area contributed by atoms with Crippen molar-refractivity contribution in [3.8, 4) is 0 Å². The number of hydrogen-bond donors (Lipinski definition) is 1. The van der Waals surface area contributed by atoms with E-state index < -0.39 is 15.6 Å². The molecule has 1 atom stereocenters. The van der Waals surface area contributed by atoms with Gasteiger partial charge in [-0.15, -0.1) is 11.6 Å². The van der Waals surface area contributed by atoms with E-state index in [9.17, 15) is 8.42 Å². The van der Waals surface area contributed by atoms with E-state index in [4.69, 9.17) is 11.6 Å². The van der Waals surface area contributed by atoms with E-state index >= 15 is 0 Å². The zero-order valence-electron chi connectivity index (χ0n) is 12.1. The molecule has 1 heterocycles. The topological polar surface area (TPSA) is 64.0 Å². The van der Waals surface area contributed by atoms with E-state index in [0.717, 1.165) is 13.0 Å². The highest BCUT2D eigenvalue weighted by Crippen LogP contribution is 2.19. The van der Waals surface area contributed by atoms with Gasteiger partial charge in [-0.1, -0.05) is 6.92 Å². The minimum atomic E-state index is -3.65. The first-order chi connectivity index (χ1) is 8.60. The lowest BCUT2D eigenvalue weighted by Gasteiger charge is -2.27. The summed E-state index contributed by atoms with van der Waals surface area (Å²) in [4.78, 5) is 4.11. The van der Waals surface area contributed by atoms with Crippen molar-refractivity contribution in [3.05, 3.63) is 12.0 Å². The fourth-order valence-electron chi connectivity index (χ4n) is 1.56. The van der Waals surface area contributed by atoms with Crippen molar-refractivity contribution < 1.29 is 8.42 Å². The van der Waals surface area contributed by atoms with Gasteiger partial charge in [0.25, 0.3) is 10.0 Å². The number of nitrogens with one attached hydrogen (secondary N) is 1. The summed E-state index contributed by atoms with van der Waals surface area (Å²) in [6.07, 6.45) is 2.49. The number of aryl methyl sites for hydroxylation is 2. The standard InChI is InChI=1S/C12H22ClN3O2S/c1-6-7-16-8-11(14-10(16)3)19(17,18)15-12(4,5)9(2)13/h8-9,15H,6-7H2,1-5H3. The molecule has 0 amide bonds. The lowest BCUT2D eigenvalue weighted by atomic mass is 10.0. The molecule has 19 heavy (non-hydrogen) atoms. The molecule has 1 aromatic heterocycles. The minimum absolute atomic E-state index is 0.0452. The first-order valence-corrected chi connectivity index (χ1v) is 8.24. The summed E-state index contributed by atoms with van der Waals surface area (Å²) >= 11 is 6.00. The van der Waals surface area contributed by atoms with E-state index in [-0.39, 0.29) is 10.4 Å². The summed E-state index contributed by atoms with van der Waals surface area (Å²) in [5.74, 6) is 0.693. The van der Waals surface area contributed by atoms with Gasteiger partial charge in [-0.3, -0.25) is 0 Å². The summed E-state index contributed by atoms with van der Waals surface area (Å²) < 4.78 is 29.0. The third-order valence-corrected chi connectivity index (χ3v) is 5.17. The monoisotopic (exact) mass is 307 g/mol. The van der Waals surface area contributed by atoms with Gasteiger partial charge in [-0.25, -0.2) is 18.1 Å². The fourth-order valence-corrected chi connectivity index (χ4v) is 3.17. The Morgan fingerprint density at radius 2 is 2.11 bits per heavy atom. The molecule has 1 rings (SSSR count). The molecule has 0 saturated heterocycles. The van der Waals surface area contributed by atoms with Crippen LogP contribution in [0.15, 0.2) is 11.2 Å². The summed E-state index contributed by atoms with van der Waals surface area (Å²) in [6.45, 7) is 9.83. The van der Waals surface area contributed by atoms with Crippen molar-refractivity contribution in [2.45, 2.75) is 63.5 Å². The van der Waals surface area contributed by atoms with Gasteiger partial charge in [0, 0.05) is 23.7 Å². The first-order valence-electron chi connectivity index (χ1n) is 6.32. The van der Waals surface area contributed by atoms with Crippen LogP contribution < -0.4 is 4.72 Å². The summed E-state index contributed by atoms with van der Waals surface area (Å²) in [7, 11) is -3.65. The van der Waals surface area contributed by atoms with E-state index in [1.54, 1.807) is 33.9 Å². The van der Waals surface area contributed by atoms with Crippen LogP contribution in [-0.2, 0) is 16.6 Å². The van der Waals surface area contributed by atoms with E-state index in [1.807, 2.05) is 11.5 Å². The van der Waals surface area contributed by atoms with Gasteiger partial charge in [0.15, 0.2) is 5.03 Å². The third kappa shape index (κ3) is 3.94. The number of nitrogens with zero attached hydrogens (tertiary/aromatic N) is 2. The molecule has 110 valence electrons. The molecule has 0 spiro atoms. The molecule has 0 fully saturated rings. The van der Waals surface area contributed by atoms with Gasteiger partial charge in [-0.05, 0) is 34.1 Å². The number of aromatic nitrogens is 2. The average molecular weight is 308 g/mol. The zero-order chi connectivity index (χ0) is 14.8. The van der Waals surface area contributed by atoms with E-state index in [0.29, 0.717) is 5.82 Å². The number of imidazole rings is 1. The number of hydrogen-bond acceptors (Lipinski definition) is 3. The molecule has 0 saturated carbocycles. The predicted molar refractivity (Wildman–Crippen MR) is 77.0 cm³/mol. The van der Waals surface area contributed by atoms with Crippen molar-refractivity contribution in [2.75, 3.05) is 0 Å². The second-order valence-corrected chi connectivity index (χ2v) is 7.55.